The van der Waals surface area contributed by atoms with Gasteiger partial charge in [0.1, 0.15) is 8.07 Å². The quantitative estimate of drug-likeness (QED) is 0.316. The second kappa shape index (κ2) is 10.2. The third-order valence-corrected chi connectivity index (χ3v) is 8.59. The fraction of sp³-hybridized carbons (Fsp3) is 0.545. The highest BCUT2D eigenvalue weighted by atomic mass is 28.3. The van der Waals surface area contributed by atoms with Gasteiger partial charge in [-0.25, -0.2) is 0 Å². The van der Waals surface area contributed by atoms with Gasteiger partial charge >= 0.3 is 0 Å². The summed E-state index contributed by atoms with van der Waals surface area (Å²) in [6, 6.07) is 11.0. The van der Waals surface area contributed by atoms with Gasteiger partial charge in [-0.2, -0.15) is 0 Å². The average Bonchev–Trinajstić information content (AvgIpc) is 2.50. The maximum absolute atomic E-state index is 2.64. The molecule has 0 N–H and O–H groups in total. The zero-order valence-corrected chi connectivity index (χ0v) is 18.9. The molecule has 1 aromatic rings. The Balaban J connectivity index is 2.71. The van der Waals surface area contributed by atoms with Crippen molar-refractivity contribution in [3.05, 3.63) is 53.4 Å². The van der Waals surface area contributed by atoms with E-state index < -0.39 is 16.1 Å². The lowest BCUT2D eigenvalue weighted by molar-refractivity contribution is 0.661. The highest BCUT2D eigenvalue weighted by Crippen LogP contribution is 2.19. The summed E-state index contributed by atoms with van der Waals surface area (Å²) < 4.78 is 0. The van der Waals surface area contributed by atoms with Crippen molar-refractivity contribution in [1.29, 1.82) is 0 Å². The lowest BCUT2D eigenvalue weighted by Gasteiger charge is -2.19. The normalized spacial score (nSPS) is 13.7. The molecule has 24 heavy (non-hydrogen) atoms. The Kier molecular flexibility index (Phi) is 9.00. The van der Waals surface area contributed by atoms with E-state index in [9.17, 15) is 0 Å². The molecule has 0 saturated carbocycles. The second-order valence-corrected chi connectivity index (χ2v) is 18.0. The molecule has 1 rings (SSSR count). The van der Waals surface area contributed by atoms with Crippen LogP contribution in [0.1, 0.15) is 45.4 Å². The Labute approximate surface area is 153 Å². The van der Waals surface area contributed by atoms with Gasteiger partial charge in [-0.1, -0.05) is 117 Å². The van der Waals surface area contributed by atoms with Crippen LogP contribution in [0.25, 0.3) is 0 Å². The minimum atomic E-state index is -1.45. The molecule has 1 aromatic carbocycles. The molecule has 0 nitrogen and oxygen atoms in total. The molecule has 0 unspecified atom stereocenters. The largest absolute Gasteiger partial charge is 0.103 e. The summed E-state index contributed by atoms with van der Waals surface area (Å²) in [6.07, 6.45) is 10.4. The number of hydrogen-bond acceptors (Lipinski definition) is 0. The summed E-state index contributed by atoms with van der Waals surface area (Å²) in [5.41, 5.74) is 6.85. The van der Waals surface area contributed by atoms with Crippen molar-refractivity contribution in [2.45, 2.75) is 78.2 Å². The zero-order valence-electron chi connectivity index (χ0n) is 16.9. The molecule has 0 aliphatic carbocycles. The first-order chi connectivity index (χ1) is 11.2. The standard InChI is InChI=1S/C22H38Si2/c1-7-8-9-11-15-21(20-23(2,3)4)16-14-19-24(5,6)22-17-12-10-13-18-22/h10,12-14,17-20H,7-9,11,15-16H2,1-6H3/b19-14-,21-20+. The average molecular weight is 359 g/mol. The van der Waals surface area contributed by atoms with E-state index in [-0.39, 0.29) is 0 Å². The minimum absolute atomic E-state index is 1.13. The van der Waals surface area contributed by atoms with Crippen LogP contribution < -0.4 is 5.19 Å². The fourth-order valence-electron chi connectivity index (χ4n) is 3.09. The van der Waals surface area contributed by atoms with Crippen LogP contribution in [0.15, 0.2) is 53.4 Å². The Morgan fingerprint density at radius 1 is 0.917 bits per heavy atom. The van der Waals surface area contributed by atoms with E-state index in [2.05, 4.69) is 87.5 Å². The van der Waals surface area contributed by atoms with Gasteiger partial charge in [0, 0.05) is 0 Å². The molecule has 0 saturated heterocycles. The molecular weight excluding hydrogens is 320 g/mol. The smallest absolute Gasteiger partial charge is 0.0955 e. The molecule has 0 radical (unpaired) electrons. The molecule has 0 aliphatic rings. The van der Waals surface area contributed by atoms with Gasteiger partial charge < -0.3 is 0 Å². The molecule has 0 aliphatic heterocycles. The van der Waals surface area contributed by atoms with Crippen LogP contribution in [0.3, 0.4) is 0 Å². The number of allylic oxidation sites excluding steroid dienone is 2. The maximum Gasteiger partial charge on any atom is 0.103 e. The first-order valence-electron chi connectivity index (χ1n) is 9.68. The van der Waals surface area contributed by atoms with Crippen molar-refractivity contribution in [3.8, 4) is 0 Å². The lowest BCUT2D eigenvalue weighted by atomic mass is 10.1. The molecule has 0 amide bonds. The predicted octanol–water partition coefficient (Wildman–Crippen LogP) is 6.86. The summed E-state index contributed by atoms with van der Waals surface area (Å²) in [7, 11) is -2.58. The Hall–Kier alpha value is -0.866. The topological polar surface area (TPSA) is 0 Å². The van der Waals surface area contributed by atoms with Gasteiger partial charge in [0.15, 0.2) is 0 Å². The number of benzene rings is 1. The van der Waals surface area contributed by atoms with Crippen LogP contribution >= 0.6 is 0 Å². The Morgan fingerprint density at radius 3 is 2.17 bits per heavy atom. The van der Waals surface area contributed by atoms with Crippen LogP contribution in [0.5, 0.6) is 0 Å². The van der Waals surface area contributed by atoms with Crippen LogP contribution in [0.4, 0.5) is 0 Å². The summed E-state index contributed by atoms with van der Waals surface area (Å²) in [6.45, 7) is 14.5. The van der Waals surface area contributed by atoms with Gasteiger partial charge in [0.05, 0.1) is 8.07 Å². The number of hydrogen-bond donors (Lipinski definition) is 0. The Morgan fingerprint density at radius 2 is 1.58 bits per heavy atom. The number of unbranched alkanes of at least 4 members (excludes halogenated alkanes) is 3. The van der Waals surface area contributed by atoms with E-state index in [0.717, 1.165) is 6.42 Å². The summed E-state index contributed by atoms with van der Waals surface area (Å²) in [4.78, 5) is 0. The molecular formula is C22H38Si2. The first kappa shape index (κ1) is 21.2. The van der Waals surface area contributed by atoms with Crippen molar-refractivity contribution >= 4 is 21.3 Å². The molecule has 0 aromatic heterocycles. The molecule has 2 heteroatoms. The molecule has 0 heterocycles. The summed E-state index contributed by atoms with van der Waals surface area (Å²) >= 11 is 0. The van der Waals surface area contributed by atoms with Crippen LogP contribution in [0.2, 0.25) is 32.7 Å². The third-order valence-electron chi connectivity index (χ3n) is 4.42. The SMILES string of the molecule is CCCCCC/C(=C\[Si](C)(C)C)C/C=C\[Si](C)(C)c1ccccc1. The fourth-order valence-corrected chi connectivity index (χ4v) is 6.53. The van der Waals surface area contributed by atoms with Crippen LogP contribution in [0, 0.1) is 0 Å². The predicted molar refractivity (Wildman–Crippen MR) is 118 cm³/mol. The van der Waals surface area contributed by atoms with E-state index in [0.29, 0.717) is 0 Å². The summed E-state index contributed by atoms with van der Waals surface area (Å²) in [5, 5.41) is 1.53. The summed E-state index contributed by atoms with van der Waals surface area (Å²) in [5.74, 6) is 0. The first-order valence-corrected chi connectivity index (χ1v) is 16.3. The van der Waals surface area contributed by atoms with Crippen molar-refractivity contribution in [2.24, 2.45) is 0 Å². The van der Waals surface area contributed by atoms with E-state index >= 15 is 0 Å². The molecule has 0 spiro atoms. The van der Waals surface area contributed by atoms with Gasteiger partial charge in [-0.15, -0.1) is 0 Å². The molecule has 0 atom stereocenters. The lowest BCUT2D eigenvalue weighted by Crippen LogP contribution is -2.39. The van der Waals surface area contributed by atoms with E-state index in [1.807, 2.05) is 0 Å². The zero-order chi connectivity index (χ0) is 18.1. The van der Waals surface area contributed by atoms with Gasteiger partial charge in [0.25, 0.3) is 0 Å². The highest BCUT2D eigenvalue weighted by Gasteiger charge is 2.19. The second-order valence-electron chi connectivity index (χ2n) is 8.67. The van der Waals surface area contributed by atoms with Crippen LogP contribution in [-0.4, -0.2) is 16.1 Å². The minimum Gasteiger partial charge on any atom is -0.0955 e. The van der Waals surface area contributed by atoms with E-state index in [1.165, 1.54) is 37.3 Å². The molecule has 134 valence electrons. The van der Waals surface area contributed by atoms with Gasteiger partial charge in [0.2, 0.25) is 0 Å². The van der Waals surface area contributed by atoms with Crippen molar-refractivity contribution in [2.75, 3.05) is 0 Å². The van der Waals surface area contributed by atoms with Crippen molar-refractivity contribution in [3.63, 3.8) is 0 Å². The van der Waals surface area contributed by atoms with Gasteiger partial charge in [-0.05, 0) is 19.3 Å². The molecule has 0 fully saturated rings. The third kappa shape index (κ3) is 8.84. The molecule has 0 bridgehead atoms. The van der Waals surface area contributed by atoms with Crippen molar-refractivity contribution < 1.29 is 0 Å². The van der Waals surface area contributed by atoms with E-state index in [1.54, 1.807) is 5.57 Å². The Bertz CT molecular complexity index is 519. The van der Waals surface area contributed by atoms with Gasteiger partial charge in [-0.3, -0.25) is 0 Å². The monoisotopic (exact) mass is 358 g/mol. The maximum atomic E-state index is 2.64. The highest BCUT2D eigenvalue weighted by molar-refractivity contribution is 6.93. The van der Waals surface area contributed by atoms with Crippen LogP contribution in [-0.2, 0) is 0 Å². The number of rotatable bonds is 10. The van der Waals surface area contributed by atoms with E-state index in [4.69, 9.17) is 0 Å². The van der Waals surface area contributed by atoms with Crippen molar-refractivity contribution in [1.82, 2.24) is 0 Å².